The second-order valence-electron chi connectivity index (χ2n) is 5.53. The second-order valence-corrected chi connectivity index (χ2v) is 5.53. The van der Waals surface area contributed by atoms with Gasteiger partial charge in [-0.1, -0.05) is 18.9 Å². The minimum atomic E-state index is -0.778. The summed E-state index contributed by atoms with van der Waals surface area (Å²) in [5.74, 6) is -0.851. The molecule has 3 rings (SSSR count). The van der Waals surface area contributed by atoms with Crippen LogP contribution >= 0.6 is 0 Å². The zero-order valence-electron chi connectivity index (χ0n) is 11.4. The Morgan fingerprint density at radius 3 is 2.67 bits per heavy atom. The van der Waals surface area contributed by atoms with Crippen LogP contribution in [0.4, 0.5) is 9.18 Å². The van der Waals surface area contributed by atoms with Crippen LogP contribution in [0.15, 0.2) is 18.2 Å². The van der Waals surface area contributed by atoms with E-state index in [1.54, 1.807) is 0 Å². The standard InChI is InChI=1S/C15H14FN3O2/c16-12-7-10(8-17)3-4-11(12)9-19-13(20)15(18-14(19)21)5-1-2-6-15/h3-4,7H,1-2,5-6,9H2,(H,18,21). The lowest BCUT2D eigenvalue weighted by molar-refractivity contribution is -0.131. The normalized spacial score (nSPS) is 19.9. The van der Waals surface area contributed by atoms with E-state index in [0.29, 0.717) is 12.8 Å². The van der Waals surface area contributed by atoms with Gasteiger partial charge in [-0.25, -0.2) is 9.18 Å². The van der Waals surface area contributed by atoms with E-state index in [1.165, 1.54) is 12.1 Å². The molecule has 1 spiro atoms. The van der Waals surface area contributed by atoms with Crippen molar-refractivity contribution in [1.82, 2.24) is 10.2 Å². The Bertz CT molecular complexity index is 659. The molecule has 1 aromatic rings. The van der Waals surface area contributed by atoms with Gasteiger partial charge in [0.2, 0.25) is 0 Å². The van der Waals surface area contributed by atoms with Crippen LogP contribution in [-0.2, 0) is 11.3 Å². The van der Waals surface area contributed by atoms with Crippen LogP contribution in [0.5, 0.6) is 0 Å². The topological polar surface area (TPSA) is 73.2 Å². The van der Waals surface area contributed by atoms with Gasteiger partial charge in [-0.3, -0.25) is 9.69 Å². The third kappa shape index (κ3) is 2.15. The predicted octanol–water partition coefficient (Wildman–Crippen LogP) is 2.06. The van der Waals surface area contributed by atoms with Gasteiger partial charge in [0.05, 0.1) is 18.2 Å². The number of halogens is 1. The van der Waals surface area contributed by atoms with E-state index in [1.807, 2.05) is 6.07 Å². The van der Waals surface area contributed by atoms with Crippen molar-refractivity contribution in [2.24, 2.45) is 0 Å². The molecule has 21 heavy (non-hydrogen) atoms. The highest BCUT2D eigenvalue weighted by Gasteiger charge is 2.52. The van der Waals surface area contributed by atoms with Crippen LogP contribution in [0.25, 0.3) is 0 Å². The molecule has 1 aliphatic carbocycles. The van der Waals surface area contributed by atoms with Crippen LogP contribution in [0.3, 0.4) is 0 Å². The maximum absolute atomic E-state index is 13.9. The number of amides is 3. The molecule has 0 radical (unpaired) electrons. The zero-order chi connectivity index (χ0) is 15.0. The largest absolute Gasteiger partial charge is 0.325 e. The number of rotatable bonds is 2. The molecule has 108 valence electrons. The molecular formula is C15H14FN3O2. The summed E-state index contributed by atoms with van der Waals surface area (Å²) in [5, 5.41) is 11.5. The first-order chi connectivity index (χ1) is 10.1. The monoisotopic (exact) mass is 287 g/mol. The first-order valence-corrected chi connectivity index (χ1v) is 6.88. The molecular weight excluding hydrogens is 273 g/mol. The van der Waals surface area contributed by atoms with Gasteiger partial charge < -0.3 is 5.32 Å². The van der Waals surface area contributed by atoms with E-state index in [4.69, 9.17) is 5.26 Å². The molecule has 3 amide bonds. The lowest BCUT2D eigenvalue weighted by atomic mass is 9.98. The molecule has 1 aromatic carbocycles. The molecule has 0 bridgehead atoms. The van der Waals surface area contributed by atoms with Crippen molar-refractivity contribution in [3.8, 4) is 6.07 Å². The number of hydrogen-bond donors (Lipinski definition) is 1. The minimum absolute atomic E-state index is 0.107. The Balaban J connectivity index is 1.84. The summed E-state index contributed by atoms with van der Waals surface area (Å²) in [5.41, 5.74) is -0.339. The second kappa shape index (κ2) is 4.85. The van der Waals surface area contributed by atoms with Crippen molar-refractivity contribution in [3.63, 3.8) is 0 Å². The van der Waals surface area contributed by atoms with Crippen molar-refractivity contribution in [2.45, 2.75) is 37.8 Å². The van der Waals surface area contributed by atoms with Crippen molar-refractivity contribution >= 4 is 11.9 Å². The third-order valence-electron chi connectivity index (χ3n) is 4.21. The number of hydrogen-bond acceptors (Lipinski definition) is 3. The Morgan fingerprint density at radius 1 is 1.33 bits per heavy atom. The predicted molar refractivity (Wildman–Crippen MR) is 71.4 cm³/mol. The molecule has 1 N–H and O–H groups in total. The van der Waals surface area contributed by atoms with E-state index in [0.717, 1.165) is 23.8 Å². The molecule has 2 aliphatic rings. The Labute approximate surface area is 121 Å². The van der Waals surface area contributed by atoms with Crippen molar-refractivity contribution in [1.29, 1.82) is 5.26 Å². The highest BCUT2D eigenvalue weighted by atomic mass is 19.1. The fraction of sp³-hybridized carbons (Fsp3) is 0.400. The summed E-state index contributed by atoms with van der Waals surface area (Å²) in [4.78, 5) is 25.5. The summed E-state index contributed by atoms with van der Waals surface area (Å²) in [6, 6.07) is 5.40. The summed E-state index contributed by atoms with van der Waals surface area (Å²) >= 11 is 0. The fourth-order valence-electron chi connectivity index (χ4n) is 3.05. The highest BCUT2D eigenvalue weighted by Crippen LogP contribution is 2.35. The number of benzene rings is 1. The maximum Gasteiger partial charge on any atom is 0.325 e. The quantitative estimate of drug-likeness (QED) is 0.846. The molecule has 1 saturated carbocycles. The van der Waals surface area contributed by atoms with Gasteiger partial charge in [0.15, 0.2) is 0 Å². The summed E-state index contributed by atoms with van der Waals surface area (Å²) in [6.07, 6.45) is 3.10. The molecule has 2 fully saturated rings. The number of nitrogens with zero attached hydrogens (tertiary/aromatic N) is 2. The SMILES string of the molecule is N#Cc1ccc(CN2C(=O)NC3(CCCC3)C2=O)c(F)c1. The maximum atomic E-state index is 13.9. The van der Waals surface area contributed by atoms with Gasteiger partial charge in [0.25, 0.3) is 5.91 Å². The highest BCUT2D eigenvalue weighted by molar-refractivity contribution is 6.07. The molecule has 1 saturated heterocycles. The Morgan fingerprint density at radius 2 is 2.05 bits per heavy atom. The number of carbonyl (C=O) groups is 2. The van der Waals surface area contributed by atoms with E-state index in [9.17, 15) is 14.0 Å². The smallest absolute Gasteiger partial charge is 0.323 e. The van der Waals surface area contributed by atoms with Crippen molar-refractivity contribution < 1.29 is 14.0 Å². The van der Waals surface area contributed by atoms with E-state index >= 15 is 0 Å². The first kappa shape index (κ1) is 13.6. The molecule has 1 heterocycles. The van der Waals surface area contributed by atoms with Crippen LogP contribution in [0.1, 0.15) is 36.8 Å². The number of nitriles is 1. The molecule has 0 aromatic heterocycles. The Hall–Kier alpha value is -2.42. The summed E-state index contributed by atoms with van der Waals surface area (Å²) in [6.45, 7) is -0.107. The lowest BCUT2D eigenvalue weighted by Gasteiger charge is -2.20. The van der Waals surface area contributed by atoms with Gasteiger partial charge in [-0.2, -0.15) is 5.26 Å². The van der Waals surface area contributed by atoms with Gasteiger partial charge in [-0.05, 0) is 25.0 Å². The number of nitrogens with one attached hydrogen (secondary N) is 1. The van der Waals surface area contributed by atoms with Gasteiger partial charge >= 0.3 is 6.03 Å². The first-order valence-electron chi connectivity index (χ1n) is 6.88. The van der Waals surface area contributed by atoms with Crippen molar-refractivity contribution in [3.05, 3.63) is 35.1 Å². The van der Waals surface area contributed by atoms with E-state index in [2.05, 4.69) is 5.32 Å². The zero-order valence-corrected chi connectivity index (χ0v) is 11.4. The van der Waals surface area contributed by atoms with Gasteiger partial charge in [0.1, 0.15) is 11.4 Å². The average Bonchev–Trinajstić information content (AvgIpc) is 3.02. The van der Waals surface area contributed by atoms with Crippen LogP contribution < -0.4 is 5.32 Å². The lowest BCUT2D eigenvalue weighted by Crippen LogP contribution is -2.44. The molecule has 0 atom stereocenters. The molecule has 5 nitrogen and oxygen atoms in total. The van der Waals surface area contributed by atoms with Crippen LogP contribution in [0.2, 0.25) is 0 Å². The van der Waals surface area contributed by atoms with E-state index < -0.39 is 17.4 Å². The molecule has 1 aliphatic heterocycles. The number of carbonyl (C=O) groups excluding carboxylic acids is 2. The average molecular weight is 287 g/mol. The number of urea groups is 1. The van der Waals surface area contributed by atoms with Gasteiger partial charge in [-0.15, -0.1) is 0 Å². The molecule has 0 unspecified atom stereocenters. The number of imide groups is 1. The Kier molecular flexibility index (Phi) is 3.13. The third-order valence-corrected chi connectivity index (χ3v) is 4.21. The summed E-state index contributed by atoms with van der Waals surface area (Å²) in [7, 11) is 0. The van der Waals surface area contributed by atoms with E-state index in [-0.39, 0.29) is 23.6 Å². The minimum Gasteiger partial charge on any atom is -0.323 e. The van der Waals surface area contributed by atoms with Crippen molar-refractivity contribution in [2.75, 3.05) is 0 Å². The van der Waals surface area contributed by atoms with Gasteiger partial charge in [0, 0.05) is 5.56 Å². The summed E-state index contributed by atoms with van der Waals surface area (Å²) < 4.78 is 13.9. The van der Waals surface area contributed by atoms with Crippen LogP contribution in [0, 0.1) is 17.1 Å². The fourth-order valence-corrected chi connectivity index (χ4v) is 3.05. The van der Waals surface area contributed by atoms with Crippen LogP contribution in [-0.4, -0.2) is 22.4 Å². The molecule has 6 heteroatoms.